The molecule has 0 amide bonds. The highest BCUT2D eigenvalue weighted by atomic mass is 32.1. The zero-order chi connectivity index (χ0) is 23.8. The van der Waals surface area contributed by atoms with E-state index in [1.54, 1.807) is 6.20 Å². The molecule has 3 aromatic heterocycles. The Morgan fingerprint density at radius 1 is 1.06 bits per heavy atom. The Hall–Kier alpha value is -3.20. The van der Waals surface area contributed by atoms with Crippen molar-refractivity contribution in [1.29, 1.82) is 0 Å². The van der Waals surface area contributed by atoms with Gasteiger partial charge in [0.2, 0.25) is 4.77 Å². The van der Waals surface area contributed by atoms with Gasteiger partial charge in [0, 0.05) is 30.4 Å². The normalized spacial score (nSPS) is 16.7. The van der Waals surface area contributed by atoms with Crippen LogP contribution in [0.2, 0.25) is 0 Å². The van der Waals surface area contributed by atoms with Crippen LogP contribution in [0.4, 0.5) is 0 Å². The molecule has 0 saturated carbocycles. The number of aryl methyl sites for hydroxylation is 1. The Balaban J connectivity index is 1.33. The third-order valence-corrected chi connectivity index (χ3v) is 8.21. The Kier molecular flexibility index (Phi) is 6.01. The van der Waals surface area contributed by atoms with Gasteiger partial charge in [0.05, 0.1) is 27.6 Å². The third kappa shape index (κ3) is 4.33. The van der Waals surface area contributed by atoms with Crippen LogP contribution in [-0.4, -0.2) is 42.3 Å². The summed E-state index contributed by atoms with van der Waals surface area (Å²) >= 11 is 7.82. The first-order valence-electron chi connectivity index (χ1n) is 11.9. The van der Waals surface area contributed by atoms with E-state index < -0.39 is 0 Å². The van der Waals surface area contributed by atoms with Gasteiger partial charge in [0.1, 0.15) is 0 Å². The summed E-state index contributed by atoms with van der Waals surface area (Å²) in [6.45, 7) is 4.75. The number of hydrogen-bond donors (Lipinski definition) is 0. The number of para-hydroxylation sites is 2. The molecule has 0 N–H and O–H groups in total. The minimum atomic E-state index is 0.437. The second-order valence-corrected chi connectivity index (χ2v) is 10.5. The summed E-state index contributed by atoms with van der Waals surface area (Å²) in [7, 11) is 0. The summed E-state index contributed by atoms with van der Waals surface area (Å²) in [5.41, 5.74) is 4.26. The predicted molar refractivity (Wildman–Crippen MR) is 144 cm³/mol. The van der Waals surface area contributed by atoms with Gasteiger partial charge in [-0.05, 0) is 74.4 Å². The van der Waals surface area contributed by atoms with Crippen molar-refractivity contribution < 1.29 is 0 Å². The van der Waals surface area contributed by atoms with Gasteiger partial charge >= 0.3 is 0 Å². The first-order chi connectivity index (χ1) is 17.2. The number of rotatable bonds is 5. The van der Waals surface area contributed by atoms with Crippen molar-refractivity contribution >= 4 is 33.8 Å². The second-order valence-electron chi connectivity index (χ2n) is 9.05. The second kappa shape index (κ2) is 9.45. The fourth-order valence-electron chi connectivity index (χ4n) is 4.85. The van der Waals surface area contributed by atoms with E-state index in [0.29, 0.717) is 17.4 Å². The molecule has 35 heavy (non-hydrogen) atoms. The lowest BCUT2D eigenvalue weighted by Gasteiger charge is -2.31. The van der Waals surface area contributed by atoms with Gasteiger partial charge in [-0.1, -0.05) is 30.3 Å². The first-order valence-corrected chi connectivity index (χ1v) is 13.1. The van der Waals surface area contributed by atoms with Gasteiger partial charge in [-0.25, -0.2) is 9.67 Å². The van der Waals surface area contributed by atoms with E-state index in [-0.39, 0.29) is 0 Å². The van der Waals surface area contributed by atoms with E-state index in [2.05, 4.69) is 57.8 Å². The van der Waals surface area contributed by atoms with E-state index in [1.165, 1.54) is 16.1 Å². The first kappa shape index (κ1) is 22.3. The molecule has 6 rings (SSSR count). The maximum atomic E-state index is 6.00. The van der Waals surface area contributed by atoms with Crippen LogP contribution in [0.5, 0.6) is 0 Å². The SMILES string of the molecule is Cc1ccccc1-n1c(-c2cccnc2)nn(CN2CCC[C@H](c3nc4ccccc4s3)C2)c1=S. The minimum absolute atomic E-state index is 0.437. The highest BCUT2D eigenvalue weighted by Gasteiger charge is 2.25. The highest BCUT2D eigenvalue weighted by molar-refractivity contribution is 7.71. The van der Waals surface area contributed by atoms with Crippen LogP contribution in [0.15, 0.2) is 73.1 Å². The fraction of sp³-hybridized carbons (Fsp3) is 0.259. The van der Waals surface area contributed by atoms with Crippen LogP contribution in [0.3, 0.4) is 0 Å². The summed E-state index contributed by atoms with van der Waals surface area (Å²) < 4.78 is 6.00. The van der Waals surface area contributed by atoms with E-state index in [1.807, 2.05) is 46.5 Å². The number of fused-ring (bicyclic) bond motifs is 1. The molecule has 6 nitrogen and oxygen atoms in total. The average Bonchev–Trinajstić information content (AvgIpc) is 3.47. The van der Waals surface area contributed by atoms with Crippen LogP contribution in [0.25, 0.3) is 27.3 Å². The van der Waals surface area contributed by atoms with Gasteiger partial charge < -0.3 is 0 Å². The largest absolute Gasteiger partial charge is 0.284 e. The van der Waals surface area contributed by atoms with Crippen LogP contribution >= 0.6 is 23.6 Å². The third-order valence-electron chi connectivity index (χ3n) is 6.61. The van der Waals surface area contributed by atoms with E-state index in [0.717, 1.165) is 47.7 Å². The maximum absolute atomic E-state index is 6.00. The van der Waals surface area contributed by atoms with E-state index in [4.69, 9.17) is 22.3 Å². The van der Waals surface area contributed by atoms with E-state index in [9.17, 15) is 0 Å². The van der Waals surface area contributed by atoms with Gasteiger partial charge in [-0.15, -0.1) is 16.4 Å². The van der Waals surface area contributed by atoms with Crippen molar-refractivity contribution in [3.8, 4) is 17.1 Å². The molecule has 2 aromatic carbocycles. The quantitative estimate of drug-likeness (QED) is 0.269. The van der Waals surface area contributed by atoms with Crippen LogP contribution in [0.1, 0.15) is 29.3 Å². The van der Waals surface area contributed by atoms with Crippen molar-refractivity contribution in [3.05, 3.63) is 88.4 Å². The number of pyridine rings is 1. The molecule has 0 bridgehead atoms. The highest BCUT2D eigenvalue weighted by Crippen LogP contribution is 2.33. The van der Waals surface area contributed by atoms with Crippen molar-refractivity contribution in [2.45, 2.75) is 32.4 Å². The molecule has 0 aliphatic carbocycles. The lowest BCUT2D eigenvalue weighted by Crippen LogP contribution is -2.36. The Morgan fingerprint density at radius 2 is 1.91 bits per heavy atom. The molecule has 176 valence electrons. The van der Waals surface area contributed by atoms with Gasteiger partial charge in [0.25, 0.3) is 0 Å². The molecule has 4 heterocycles. The smallest absolute Gasteiger partial charge is 0.204 e. The van der Waals surface area contributed by atoms with Crippen molar-refractivity contribution in [1.82, 2.24) is 29.2 Å². The molecular weight excluding hydrogens is 472 g/mol. The minimum Gasteiger partial charge on any atom is -0.284 e. The summed E-state index contributed by atoms with van der Waals surface area (Å²) in [5, 5.41) is 6.24. The zero-order valence-electron chi connectivity index (χ0n) is 19.5. The number of nitrogens with zero attached hydrogens (tertiary/aromatic N) is 6. The molecule has 5 aromatic rings. The molecule has 0 spiro atoms. The summed E-state index contributed by atoms with van der Waals surface area (Å²) in [5.74, 6) is 1.25. The van der Waals surface area contributed by atoms with Crippen LogP contribution in [0, 0.1) is 11.7 Å². The van der Waals surface area contributed by atoms with Gasteiger partial charge in [-0.2, -0.15) is 0 Å². The van der Waals surface area contributed by atoms with Gasteiger partial charge in [-0.3, -0.25) is 14.5 Å². The summed E-state index contributed by atoms with van der Waals surface area (Å²) in [6, 6.07) is 20.7. The van der Waals surface area contributed by atoms with Gasteiger partial charge in [0.15, 0.2) is 5.82 Å². The molecule has 1 saturated heterocycles. The molecule has 0 radical (unpaired) electrons. The Bertz CT molecular complexity index is 1500. The average molecular weight is 499 g/mol. The lowest BCUT2D eigenvalue weighted by atomic mass is 9.99. The molecule has 1 aliphatic heterocycles. The summed E-state index contributed by atoms with van der Waals surface area (Å²) in [6.07, 6.45) is 5.94. The standard InChI is InChI=1S/C27H26N6S2/c1-19-8-2-4-12-23(19)33-25(20-9-6-14-28-16-20)30-32(27(33)34)18-31-15-7-10-21(17-31)26-29-22-11-3-5-13-24(22)35-26/h2-6,8-9,11-14,16,21H,7,10,15,17-18H2,1H3/t21-/m0/s1. The fourth-order valence-corrected chi connectivity index (χ4v) is 6.23. The topological polar surface area (TPSA) is 51.8 Å². The number of likely N-dealkylation sites (tertiary alicyclic amines) is 1. The van der Waals surface area contributed by atoms with E-state index >= 15 is 0 Å². The van der Waals surface area contributed by atoms with Crippen LogP contribution in [-0.2, 0) is 6.67 Å². The van der Waals surface area contributed by atoms with Crippen molar-refractivity contribution in [3.63, 3.8) is 0 Å². The monoisotopic (exact) mass is 498 g/mol. The zero-order valence-corrected chi connectivity index (χ0v) is 21.2. The van der Waals surface area contributed by atoms with Crippen LogP contribution < -0.4 is 0 Å². The lowest BCUT2D eigenvalue weighted by molar-refractivity contribution is 0.156. The van der Waals surface area contributed by atoms with Crippen molar-refractivity contribution in [2.24, 2.45) is 0 Å². The number of hydrogen-bond acceptors (Lipinski definition) is 6. The molecule has 0 unspecified atom stereocenters. The van der Waals surface area contributed by atoms with Crippen molar-refractivity contribution in [2.75, 3.05) is 13.1 Å². The Morgan fingerprint density at radius 3 is 2.74 bits per heavy atom. The predicted octanol–water partition coefficient (Wildman–Crippen LogP) is 6.22. The maximum Gasteiger partial charge on any atom is 0.204 e. The number of piperidine rings is 1. The summed E-state index contributed by atoms with van der Waals surface area (Å²) in [4.78, 5) is 11.7. The molecule has 8 heteroatoms. The number of benzene rings is 2. The Labute approximate surface area is 213 Å². The molecular formula is C27H26N6S2. The molecule has 1 aliphatic rings. The molecule has 1 atom stereocenters. The number of thiazole rings is 1. The molecule has 1 fully saturated rings. The number of aromatic nitrogens is 5.